The van der Waals surface area contributed by atoms with Crippen LogP contribution in [0.25, 0.3) is 38.1 Å². The van der Waals surface area contributed by atoms with Gasteiger partial charge in [0.05, 0.1) is 27.9 Å². The minimum atomic E-state index is -0.0520. The number of fused-ring (bicyclic) bond motifs is 6. The molecule has 7 aromatic rings. The van der Waals surface area contributed by atoms with Gasteiger partial charge in [0.1, 0.15) is 0 Å². The van der Waals surface area contributed by atoms with Crippen LogP contribution in [0.2, 0.25) is 0 Å². The largest absolute Gasteiger partial charge is 0.308 e. The van der Waals surface area contributed by atoms with Crippen LogP contribution in [0.3, 0.4) is 0 Å². The van der Waals surface area contributed by atoms with Crippen molar-refractivity contribution in [3.63, 3.8) is 0 Å². The third-order valence-corrected chi connectivity index (χ3v) is 8.39. The molecule has 174 valence electrons. The van der Waals surface area contributed by atoms with Crippen LogP contribution < -0.4 is 15.8 Å². The topological polar surface area (TPSA) is 41.8 Å². The average Bonchev–Trinajstić information content (AvgIpc) is 2.95. The molecule has 5 aromatic carbocycles. The van der Waals surface area contributed by atoms with E-state index in [0.717, 1.165) is 37.9 Å². The molecular formula is C32H18N2O2S. The molecule has 0 fully saturated rings. The minimum absolute atomic E-state index is 0.0479. The fourth-order valence-electron chi connectivity index (χ4n) is 5.68. The van der Waals surface area contributed by atoms with E-state index in [9.17, 15) is 9.59 Å². The van der Waals surface area contributed by atoms with E-state index >= 15 is 0 Å². The van der Waals surface area contributed by atoms with Crippen molar-refractivity contribution in [1.82, 2.24) is 4.40 Å². The molecule has 5 heteroatoms. The fourth-order valence-corrected chi connectivity index (χ4v) is 6.76. The van der Waals surface area contributed by atoms with Crippen LogP contribution in [-0.4, -0.2) is 4.40 Å². The Hall–Kier alpha value is -4.61. The Morgan fingerprint density at radius 1 is 0.514 bits per heavy atom. The highest BCUT2D eigenvalue weighted by molar-refractivity contribution is 7.99. The predicted octanol–water partition coefficient (Wildman–Crippen LogP) is 7.49. The van der Waals surface area contributed by atoms with Crippen molar-refractivity contribution < 1.29 is 0 Å². The van der Waals surface area contributed by atoms with Gasteiger partial charge in [-0.05, 0) is 60.7 Å². The molecule has 0 spiro atoms. The van der Waals surface area contributed by atoms with Gasteiger partial charge in [-0.25, -0.2) is 0 Å². The molecule has 0 bridgehead atoms. The lowest BCUT2D eigenvalue weighted by molar-refractivity contribution is 1.17. The summed E-state index contributed by atoms with van der Waals surface area (Å²) in [5.74, 6) is 0. The van der Waals surface area contributed by atoms with Crippen LogP contribution in [0.1, 0.15) is 0 Å². The van der Waals surface area contributed by atoms with Crippen LogP contribution in [0.4, 0.5) is 17.1 Å². The van der Waals surface area contributed by atoms with Crippen molar-refractivity contribution in [2.75, 3.05) is 4.90 Å². The summed E-state index contributed by atoms with van der Waals surface area (Å²) >= 11 is 1.68. The van der Waals surface area contributed by atoms with Crippen molar-refractivity contribution in [1.29, 1.82) is 0 Å². The van der Waals surface area contributed by atoms with Crippen molar-refractivity contribution in [3.05, 3.63) is 130 Å². The summed E-state index contributed by atoms with van der Waals surface area (Å²) in [5.41, 5.74) is 5.34. The van der Waals surface area contributed by atoms with Gasteiger partial charge < -0.3 is 9.30 Å². The minimum Gasteiger partial charge on any atom is -0.308 e. The molecule has 1 aliphatic heterocycles. The fraction of sp³-hybridized carbons (Fsp3) is 0. The lowest BCUT2D eigenvalue weighted by Crippen LogP contribution is -2.17. The lowest BCUT2D eigenvalue weighted by Gasteiger charge is -2.33. The maximum Gasteiger partial charge on any atom is 0.197 e. The molecule has 0 atom stereocenters. The smallest absolute Gasteiger partial charge is 0.197 e. The maximum atomic E-state index is 13.9. The standard InChI is InChI=1S/C32H18N2O2S/c35-31-20-11-4-5-14-24(20)34-26-18-27-29(17-23(26)32(36)22-13-8-12-21(31)30(22)34)37-28-16-7-6-15-25(28)33(27)19-9-2-1-3-10-19/h1-18H. The second-order valence-corrected chi connectivity index (χ2v) is 10.4. The van der Waals surface area contributed by atoms with E-state index in [2.05, 4.69) is 45.7 Å². The van der Waals surface area contributed by atoms with Crippen LogP contribution >= 0.6 is 11.8 Å². The van der Waals surface area contributed by atoms with Crippen LogP contribution in [-0.2, 0) is 0 Å². The van der Waals surface area contributed by atoms with Gasteiger partial charge in [0.25, 0.3) is 0 Å². The summed E-state index contributed by atoms with van der Waals surface area (Å²) in [4.78, 5) is 31.7. The van der Waals surface area contributed by atoms with E-state index in [1.807, 2.05) is 72.8 Å². The van der Waals surface area contributed by atoms with Crippen molar-refractivity contribution in [2.24, 2.45) is 0 Å². The number of hydrogen-bond acceptors (Lipinski definition) is 4. The molecule has 0 unspecified atom stereocenters. The normalized spacial score (nSPS) is 12.9. The molecule has 0 saturated heterocycles. The zero-order valence-corrected chi connectivity index (χ0v) is 20.3. The molecule has 0 amide bonds. The Bertz CT molecular complexity index is 2170. The van der Waals surface area contributed by atoms with Gasteiger partial charge in [-0.3, -0.25) is 9.59 Å². The van der Waals surface area contributed by atoms with E-state index < -0.39 is 0 Å². The third kappa shape index (κ3) is 2.74. The highest BCUT2D eigenvalue weighted by Crippen LogP contribution is 2.52. The number of rotatable bonds is 1. The van der Waals surface area contributed by atoms with Gasteiger partial charge >= 0.3 is 0 Å². The number of aromatic nitrogens is 1. The Balaban J connectivity index is 1.59. The monoisotopic (exact) mass is 494 g/mol. The number of benzene rings is 5. The van der Waals surface area contributed by atoms with E-state index in [-0.39, 0.29) is 10.9 Å². The van der Waals surface area contributed by atoms with Crippen molar-refractivity contribution in [2.45, 2.75) is 9.79 Å². The lowest BCUT2D eigenvalue weighted by atomic mass is 10.0. The van der Waals surface area contributed by atoms with E-state index in [0.29, 0.717) is 27.1 Å². The highest BCUT2D eigenvalue weighted by atomic mass is 32.2. The summed E-state index contributed by atoms with van der Waals surface area (Å²) in [6.45, 7) is 0. The van der Waals surface area contributed by atoms with Crippen LogP contribution in [0.15, 0.2) is 129 Å². The Kier molecular flexibility index (Phi) is 4.14. The Labute approximate surface area is 215 Å². The molecule has 0 radical (unpaired) electrons. The molecule has 0 N–H and O–H groups in total. The van der Waals surface area contributed by atoms with Gasteiger partial charge in [-0.1, -0.05) is 60.3 Å². The molecular weight excluding hydrogens is 476 g/mol. The molecule has 0 aliphatic carbocycles. The first kappa shape index (κ1) is 20.6. The van der Waals surface area contributed by atoms with Crippen LogP contribution in [0.5, 0.6) is 0 Å². The molecule has 1 aliphatic rings. The Morgan fingerprint density at radius 3 is 2.03 bits per heavy atom. The molecule has 3 heterocycles. The molecule has 0 saturated carbocycles. The first-order valence-corrected chi connectivity index (χ1v) is 12.9. The SMILES string of the molecule is O=c1c2ccccc2n2c3cc4c(cc3c(=O)c3cccc1c32)Sc1ccccc1N4c1ccccc1. The van der Waals surface area contributed by atoms with Crippen LogP contribution in [0, 0.1) is 0 Å². The molecule has 37 heavy (non-hydrogen) atoms. The van der Waals surface area contributed by atoms with Crippen molar-refractivity contribution in [3.8, 4) is 0 Å². The van der Waals surface area contributed by atoms with Gasteiger partial charge in [-0.15, -0.1) is 0 Å². The predicted molar refractivity (Wildman–Crippen MR) is 152 cm³/mol. The molecule has 4 nitrogen and oxygen atoms in total. The van der Waals surface area contributed by atoms with Crippen molar-refractivity contribution >= 4 is 66.9 Å². The number of para-hydroxylation sites is 4. The zero-order chi connectivity index (χ0) is 24.7. The van der Waals surface area contributed by atoms with E-state index in [1.54, 1.807) is 11.8 Å². The maximum absolute atomic E-state index is 13.9. The summed E-state index contributed by atoms with van der Waals surface area (Å²) in [6.07, 6.45) is 0. The summed E-state index contributed by atoms with van der Waals surface area (Å²) in [7, 11) is 0. The van der Waals surface area contributed by atoms with Gasteiger partial charge in [0.2, 0.25) is 0 Å². The molecule has 8 rings (SSSR count). The van der Waals surface area contributed by atoms with Gasteiger partial charge in [0, 0.05) is 37.0 Å². The number of nitrogens with zero attached hydrogens (tertiary/aromatic N) is 2. The quantitative estimate of drug-likeness (QED) is 0.175. The second-order valence-electron chi connectivity index (χ2n) is 9.29. The highest BCUT2D eigenvalue weighted by Gasteiger charge is 2.27. The van der Waals surface area contributed by atoms with Gasteiger partial charge in [-0.2, -0.15) is 0 Å². The third-order valence-electron chi connectivity index (χ3n) is 7.28. The van der Waals surface area contributed by atoms with E-state index in [1.165, 1.54) is 0 Å². The summed E-state index contributed by atoms with van der Waals surface area (Å²) in [6, 6.07) is 35.9. The first-order chi connectivity index (χ1) is 18.2. The number of pyridine rings is 2. The van der Waals surface area contributed by atoms with Gasteiger partial charge in [0.15, 0.2) is 10.9 Å². The second kappa shape index (κ2) is 7.45. The first-order valence-electron chi connectivity index (χ1n) is 12.1. The number of hydrogen-bond donors (Lipinski definition) is 0. The van der Waals surface area contributed by atoms with E-state index in [4.69, 9.17) is 0 Å². The molecule has 2 aromatic heterocycles. The Morgan fingerprint density at radius 2 is 1.19 bits per heavy atom. The average molecular weight is 495 g/mol. The zero-order valence-electron chi connectivity index (χ0n) is 19.5. The summed E-state index contributed by atoms with van der Waals surface area (Å²) in [5, 5.41) is 2.42. The number of anilines is 3. The summed E-state index contributed by atoms with van der Waals surface area (Å²) < 4.78 is 2.10.